The number of hydrogen-bond acceptors (Lipinski definition) is 5. The van der Waals surface area contributed by atoms with Crippen LogP contribution >= 0.6 is 11.8 Å². The Bertz CT molecular complexity index is 477. The van der Waals surface area contributed by atoms with Gasteiger partial charge in [0.05, 0.1) is 18.2 Å². The van der Waals surface area contributed by atoms with Gasteiger partial charge in [0.25, 0.3) is 11.8 Å². The van der Waals surface area contributed by atoms with Crippen molar-refractivity contribution in [2.45, 2.75) is 38.1 Å². The fourth-order valence-electron chi connectivity index (χ4n) is 2.25. The monoisotopic (exact) mass is 312 g/mol. The normalized spacial score (nSPS) is 21.5. The van der Waals surface area contributed by atoms with Crippen molar-refractivity contribution in [1.82, 2.24) is 10.4 Å². The minimum absolute atomic E-state index is 0.00928. The molecule has 0 aliphatic carbocycles. The van der Waals surface area contributed by atoms with Gasteiger partial charge >= 0.3 is 0 Å². The zero-order valence-electron chi connectivity index (χ0n) is 12.2. The van der Waals surface area contributed by atoms with Crippen molar-refractivity contribution in [2.24, 2.45) is 0 Å². The number of hydroxylamine groups is 1. The maximum Gasteiger partial charge on any atom is 0.291 e. The summed E-state index contributed by atoms with van der Waals surface area (Å²) in [6, 6.07) is 2.75. The summed E-state index contributed by atoms with van der Waals surface area (Å²) in [7, 11) is 0. The predicted molar refractivity (Wildman–Crippen MR) is 79.6 cm³/mol. The molecule has 0 spiro atoms. The molecule has 2 amide bonds. The van der Waals surface area contributed by atoms with Crippen molar-refractivity contribution < 1.29 is 18.8 Å². The van der Waals surface area contributed by atoms with Gasteiger partial charge in [-0.25, -0.2) is 5.48 Å². The molecule has 7 heteroatoms. The van der Waals surface area contributed by atoms with Gasteiger partial charge in [-0.15, -0.1) is 11.8 Å². The molecule has 6 nitrogen and oxygen atoms in total. The first-order valence-electron chi connectivity index (χ1n) is 7.08. The Morgan fingerprint density at radius 2 is 2.33 bits per heavy atom. The van der Waals surface area contributed by atoms with Gasteiger partial charge in [0.2, 0.25) is 0 Å². The van der Waals surface area contributed by atoms with E-state index in [0.717, 1.165) is 12.8 Å². The first kappa shape index (κ1) is 15.9. The summed E-state index contributed by atoms with van der Waals surface area (Å²) in [6.45, 7) is 4.23. The Morgan fingerprint density at radius 1 is 1.52 bits per heavy atom. The van der Waals surface area contributed by atoms with Crippen LogP contribution in [0.3, 0.4) is 0 Å². The number of nitrogens with zero attached hydrogens (tertiary/aromatic N) is 1. The Kier molecular flexibility index (Phi) is 5.69. The Labute approximate surface area is 128 Å². The molecule has 1 aliphatic rings. The van der Waals surface area contributed by atoms with E-state index in [-0.39, 0.29) is 22.9 Å². The average Bonchev–Trinajstić information content (AvgIpc) is 3.14. The third-order valence-corrected chi connectivity index (χ3v) is 4.57. The van der Waals surface area contributed by atoms with Gasteiger partial charge in [-0.1, -0.05) is 13.3 Å². The van der Waals surface area contributed by atoms with Gasteiger partial charge in [0, 0.05) is 5.75 Å². The molecule has 2 heterocycles. The predicted octanol–water partition coefficient (Wildman–Crippen LogP) is 2.03. The van der Waals surface area contributed by atoms with Crippen LogP contribution in [0.1, 0.15) is 37.2 Å². The smallest absolute Gasteiger partial charge is 0.291 e. The molecule has 1 N–H and O–H groups in total. The molecule has 1 aromatic rings. The lowest BCUT2D eigenvalue weighted by atomic mass is 10.2. The van der Waals surface area contributed by atoms with Gasteiger partial charge in [0.1, 0.15) is 6.04 Å². The second-order valence-corrected chi connectivity index (χ2v) is 5.89. The molecule has 1 saturated heterocycles. The van der Waals surface area contributed by atoms with Crippen molar-refractivity contribution in [3.05, 3.63) is 24.2 Å². The molecule has 2 atom stereocenters. The van der Waals surface area contributed by atoms with Crippen LogP contribution in [0.15, 0.2) is 22.8 Å². The third kappa shape index (κ3) is 3.59. The topological polar surface area (TPSA) is 71.8 Å². The lowest BCUT2D eigenvalue weighted by Crippen LogP contribution is -2.49. The van der Waals surface area contributed by atoms with E-state index in [1.165, 1.54) is 6.26 Å². The van der Waals surface area contributed by atoms with Gasteiger partial charge in [0.15, 0.2) is 5.76 Å². The summed E-state index contributed by atoms with van der Waals surface area (Å²) < 4.78 is 5.18. The molecular weight excluding hydrogens is 292 g/mol. The largest absolute Gasteiger partial charge is 0.459 e. The van der Waals surface area contributed by atoms with E-state index in [0.29, 0.717) is 12.4 Å². The van der Waals surface area contributed by atoms with Crippen LogP contribution in [0, 0.1) is 0 Å². The van der Waals surface area contributed by atoms with Gasteiger partial charge in [-0.05, 0) is 25.5 Å². The molecule has 116 valence electrons. The lowest BCUT2D eigenvalue weighted by molar-refractivity contribution is -0.137. The highest BCUT2D eigenvalue weighted by Gasteiger charge is 2.42. The lowest BCUT2D eigenvalue weighted by Gasteiger charge is -2.27. The van der Waals surface area contributed by atoms with E-state index in [9.17, 15) is 9.59 Å². The summed E-state index contributed by atoms with van der Waals surface area (Å²) in [6.07, 6.45) is 3.25. The highest BCUT2D eigenvalue weighted by molar-refractivity contribution is 8.00. The molecule has 0 saturated carbocycles. The SMILES string of the molecule is CCCC1SCC(C(=O)NOCC)N1C(=O)c1ccco1. The summed E-state index contributed by atoms with van der Waals surface area (Å²) in [4.78, 5) is 31.3. The van der Waals surface area contributed by atoms with Crippen molar-refractivity contribution in [1.29, 1.82) is 0 Å². The summed E-state index contributed by atoms with van der Waals surface area (Å²) in [5, 5.41) is -0.00928. The second-order valence-electron chi connectivity index (χ2n) is 4.68. The van der Waals surface area contributed by atoms with Crippen molar-refractivity contribution in [3.8, 4) is 0 Å². The third-order valence-electron chi connectivity index (χ3n) is 3.21. The van der Waals surface area contributed by atoms with Crippen LogP contribution in [-0.4, -0.2) is 40.5 Å². The van der Waals surface area contributed by atoms with Crippen LogP contribution in [0.5, 0.6) is 0 Å². The standard InChI is InChI=1S/C14H20N2O4S/c1-3-6-12-16(14(18)11-7-5-8-19-11)10(9-21-12)13(17)15-20-4-2/h5,7-8,10,12H,3-4,6,9H2,1-2H3,(H,15,17). The molecule has 21 heavy (non-hydrogen) atoms. The van der Waals surface area contributed by atoms with Crippen LogP contribution < -0.4 is 5.48 Å². The first-order valence-corrected chi connectivity index (χ1v) is 8.13. The van der Waals surface area contributed by atoms with E-state index in [1.54, 1.807) is 35.7 Å². The van der Waals surface area contributed by atoms with Crippen LogP contribution in [0.25, 0.3) is 0 Å². The van der Waals surface area contributed by atoms with E-state index in [1.807, 2.05) is 0 Å². The number of hydrogen-bond donors (Lipinski definition) is 1. The maximum absolute atomic E-state index is 12.6. The van der Waals surface area contributed by atoms with Crippen LogP contribution in [0.4, 0.5) is 0 Å². The fraction of sp³-hybridized carbons (Fsp3) is 0.571. The number of rotatable bonds is 6. The molecule has 1 fully saturated rings. The molecule has 0 radical (unpaired) electrons. The Morgan fingerprint density at radius 3 is 2.95 bits per heavy atom. The number of carbonyl (C=O) groups is 2. The number of thioether (sulfide) groups is 1. The highest BCUT2D eigenvalue weighted by Crippen LogP contribution is 2.33. The van der Waals surface area contributed by atoms with Gasteiger partial charge in [-0.3, -0.25) is 14.4 Å². The molecule has 1 aliphatic heterocycles. The first-order chi connectivity index (χ1) is 10.2. The average molecular weight is 312 g/mol. The van der Waals surface area contributed by atoms with Crippen LogP contribution in [0.2, 0.25) is 0 Å². The zero-order valence-corrected chi connectivity index (χ0v) is 13.0. The van der Waals surface area contributed by atoms with E-state index in [2.05, 4.69) is 12.4 Å². The summed E-state index contributed by atoms with van der Waals surface area (Å²) in [5.74, 6) is 0.284. The molecule has 2 rings (SSSR count). The minimum atomic E-state index is -0.532. The summed E-state index contributed by atoms with van der Waals surface area (Å²) in [5.41, 5.74) is 2.39. The van der Waals surface area contributed by atoms with Crippen molar-refractivity contribution in [3.63, 3.8) is 0 Å². The molecule has 2 unspecified atom stereocenters. The maximum atomic E-state index is 12.6. The summed E-state index contributed by atoms with van der Waals surface area (Å²) >= 11 is 1.62. The second kappa shape index (κ2) is 7.51. The molecular formula is C14H20N2O4S. The fourth-order valence-corrected chi connectivity index (χ4v) is 3.77. The van der Waals surface area contributed by atoms with Crippen LogP contribution in [-0.2, 0) is 9.63 Å². The molecule has 0 bridgehead atoms. The van der Waals surface area contributed by atoms with Gasteiger partial charge in [-0.2, -0.15) is 0 Å². The van der Waals surface area contributed by atoms with Gasteiger partial charge < -0.3 is 9.32 Å². The number of carbonyl (C=O) groups excluding carboxylic acids is 2. The number of nitrogens with one attached hydrogen (secondary N) is 1. The Hall–Kier alpha value is -1.47. The van der Waals surface area contributed by atoms with Crippen molar-refractivity contribution in [2.75, 3.05) is 12.4 Å². The highest BCUT2D eigenvalue weighted by atomic mass is 32.2. The minimum Gasteiger partial charge on any atom is -0.459 e. The molecule has 1 aromatic heterocycles. The number of amides is 2. The van der Waals surface area contributed by atoms with E-state index in [4.69, 9.17) is 9.25 Å². The molecule has 0 aromatic carbocycles. The van der Waals surface area contributed by atoms with E-state index >= 15 is 0 Å². The number of furan rings is 1. The van der Waals surface area contributed by atoms with E-state index < -0.39 is 6.04 Å². The quantitative estimate of drug-likeness (QED) is 0.814. The van der Waals surface area contributed by atoms with Crippen molar-refractivity contribution >= 4 is 23.6 Å². The Balaban J connectivity index is 2.16. The zero-order chi connectivity index (χ0) is 15.2.